The number of rotatable bonds is 7. The lowest BCUT2D eigenvalue weighted by molar-refractivity contribution is -0.113. The first-order chi connectivity index (χ1) is 12.6. The van der Waals surface area contributed by atoms with Crippen molar-refractivity contribution in [1.82, 2.24) is 14.8 Å². The van der Waals surface area contributed by atoms with Gasteiger partial charge in [0, 0.05) is 30.9 Å². The van der Waals surface area contributed by atoms with Crippen molar-refractivity contribution in [2.45, 2.75) is 5.16 Å². The lowest BCUT2D eigenvalue weighted by atomic mass is 10.2. The molecule has 9 heteroatoms. The van der Waals surface area contributed by atoms with Crippen molar-refractivity contribution in [2.75, 3.05) is 25.3 Å². The molecule has 0 aliphatic heterocycles. The maximum absolute atomic E-state index is 12.3. The molecule has 0 atom stereocenters. The summed E-state index contributed by atoms with van der Waals surface area (Å²) in [7, 11) is 5.02. The normalized spacial score (nSPS) is 10.6. The van der Waals surface area contributed by atoms with E-state index in [1.165, 1.54) is 11.8 Å². The van der Waals surface area contributed by atoms with Crippen molar-refractivity contribution in [3.63, 3.8) is 0 Å². The summed E-state index contributed by atoms with van der Waals surface area (Å²) >= 11 is 2.93. The Morgan fingerprint density at radius 1 is 1.23 bits per heavy atom. The van der Waals surface area contributed by atoms with Crippen LogP contribution < -0.4 is 14.8 Å². The fourth-order valence-corrected chi connectivity index (χ4v) is 3.72. The molecule has 136 valence electrons. The predicted octanol–water partition coefficient (Wildman–Crippen LogP) is 3.29. The third kappa shape index (κ3) is 4.17. The summed E-state index contributed by atoms with van der Waals surface area (Å²) < 4.78 is 12.3. The van der Waals surface area contributed by atoms with Gasteiger partial charge in [0.05, 0.1) is 24.8 Å². The Morgan fingerprint density at radius 3 is 2.58 bits per heavy atom. The number of aromatic nitrogens is 3. The Bertz CT molecular complexity index is 871. The molecule has 0 aliphatic carbocycles. The minimum atomic E-state index is -0.147. The van der Waals surface area contributed by atoms with Gasteiger partial charge in [0.2, 0.25) is 5.91 Å². The minimum Gasteiger partial charge on any atom is -0.497 e. The lowest BCUT2D eigenvalue weighted by Gasteiger charge is -2.09. The molecule has 1 N–H and O–H groups in total. The van der Waals surface area contributed by atoms with Gasteiger partial charge >= 0.3 is 0 Å². The number of anilines is 1. The molecular formula is C17H18N4O3S2. The van der Waals surface area contributed by atoms with Gasteiger partial charge in [-0.3, -0.25) is 4.79 Å². The number of amides is 1. The third-order valence-corrected chi connectivity index (χ3v) is 5.43. The van der Waals surface area contributed by atoms with Gasteiger partial charge in [0.15, 0.2) is 11.0 Å². The molecule has 0 spiro atoms. The van der Waals surface area contributed by atoms with E-state index >= 15 is 0 Å². The molecule has 0 bridgehead atoms. The van der Waals surface area contributed by atoms with E-state index in [0.29, 0.717) is 22.3 Å². The van der Waals surface area contributed by atoms with Gasteiger partial charge in [0.1, 0.15) is 11.5 Å². The number of thiophene rings is 1. The van der Waals surface area contributed by atoms with Gasteiger partial charge < -0.3 is 19.4 Å². The Morgan fingerprint density at radius 2 is 1.96 bits per heavy atom. The van der Waals surface area contributed by atoms with Crippen molar-refractivity contribution in [2.24, 2.45) is 7.05 Å². The van der Waals surface area contributed by atoms with Crippen LogP contribution in [0.4, 0.5) is 5.69 Å². The summed E-state index contributed by atoms with van der Waals surface area (Å²) in [6.45, 7) is 0. The van der Waals surface area contributed by atoms with Crippen LogP contribution in [0.2, 0.25) is 0 Å². The molecule has 0 unspecified atom stereocenters. The van der Waals surface area contributed by atoms with E-state index in [4.69, 9.17) is 9.47 Å². The van der Waals surface area contributed by atoms with Gasteiger partial charge in [-0.1, -0.05) is 17.8 Å². The molecule has 1 aromatic carbocycles. The summed E-state index contributed by atoms with van der Waals surface area (Å²) in [6, 6.07) is 9.18. The third-order valence-electron chi connectivity index (χ3n) is 3.54. The Balaban J connectivity index is 1.63. The molecule has 3 aromatic rings. The van der Waals surface area contributed by atoms with Gasteiger partial charge in [-0.05, 0) is 11.4 Å². The average Bonchev–Trinajstić information content (AvgIpc) is 3.29. The number of benzene rings is 1. The molecule has 2 heterocycles. The number of carbonyl (C=O) groups is 1. The Hall–Kier alpha value is -2.52. The highest BCUT2D eigenvalue weighted by atomic mass is 32.2. The molecule has 0 fully saturated rings. The van der Waals surface area contributed by atoms with E-state index in [1.54, 1.807) is 43.8 Å². The van der Waals surface area contributed by atoms with E-state index in [1.807, 2.05) is 29.1 Å². The molecule has 1 amide bonds. The molecule has 7 nitrogen and oxygen atoms in total. The summed E-state index contributed by atoms with van der Waals surface area (Å²) in [6.07, 6.45) is 0. The quantitative estimate of drug-likeness (QED) is 0.624. The van der Waals surface area contributed by atoms with Crippen LogP contribution in [0.15, 0.2) is 40.9 Å². The lowest BCUT2D eigenvalue weighted by Crippen LogP contribution is -2.14. The van der Waals surface area contributed by atoms with Crippen LogP contribution >= 0.6 is 23.1 Å². The van der Waals surface area contributed by atoms with Crippen molar-refractivity contribution >= 4 is 34.7 Å². The summed E-state index contributed by atoms with van der Waals surface area (Å²) in [5, 5.41) is 13.9. The molecule has 0 aliphatic rings. The summed E-state index contributed by atoms with van der Waals surface area (Å²) in [4.78, 5) is 13.3. The average molecular weight is 390 g/mol. The molecule has 26 heavy (non-hydrogen) atoms. The van der Waals surface area contributed by atoms with Crippen molar-refractivity contribution in [3.05, 3.63) is 35.7 Å². The van der Waals surface area contributed by atoms with E-state index in [0.717, 1.165) is 10.7 Å². The Labute approximate surface area is 159 Å². The highest BCUT2D eigenvalue weighted by molar-refractivity contribution is 7.99. The van der Waals surface area contributed by atoms with Crippen molar-refractivity contribution in [1.29, 1.82) is 0 Å². The van der Waals surface area contributed by atoms with Gasteiger partial charge in [0.25, 0.3) is 0 Å². The molecule has 3 rings (SSSR count). The fraction of sp³-hybridized carbons (Fsp3) is 0.235. The topological polar surface area (TPSA) is 78.3 Å². The van der Waals surface area contributed by atoms with Crippen LogP contribution in [0.3, 0.4) is 0 Å². The van der Waals surface area contributed by atoms with Gasteiger partial charge in [-0.2, -0.15) is 0 Å². The molecule has 2 aromatic heterocycles. The maximum atomic E-state index is 12.3. The van der Waals surface area contributed by atoms with Crippen LogP contribution in [0.1, 0.15) is 0 Å². The highest BCUT2D eigenvalue weighted by Crippen LogP contribution is 2.27. The zero-order valence-corrected chi connectivity index (χ0v) is 16.2. The van der Waals surface area contributed by atoms with Gasteiger partial charge in [-0.25, -0.2) is 0 Å². The standard InChI is InChI=1S/C17H18N4O3S2/c1-21-16(14-5-4-6-25-14)19-20-17(21)26-10-15(22)18-11-7-12(23-2)9-13(8-11)24-3/h4-9H,10H2,1-3H3,(H,18,22). The van der Waals surface area contributed by atoms with Crippen molar-refractivity contribution in [3.8, 4) is 22.2 Å². The van der Waals surface area contributed by atoms with Crippen LogP contribution in [0.25, 0.3) is 10.7 Å². The van der Waals surface area contributed by atoms with Crippen LogP contribution in [-0.2, 0) is 11.8 Å². The van der Waals surface area contributed by atoms with E-state index in [9.17, 15) is 4.79 Å². The number of carbonyl (C=O) groups excluding carboxylic acids is 1. The minimum absolute atomic E-state index is 0.147. The number of methoxy groups -OCH3 is 2. The second kappa shape index (κ2) is 8.24. The van der Waals surface area contributed by atoms with E-state index in [-0.39, 0.29) is 11.7 Å². The summed E-state index contributed by atoms with van der Waals surface area (Å²) in [5.74, 6) is 2.09. The first-order valence-electron chi connectivity index (χ1n) is 7.69. The van der Waals surface area contributed by atoms with Crippen molar-refractivity contribution < 1.29 is 14.3 Å². The highest BCUT2D eigenvalue weighted by Gasteiger charge is 2.14. The molecular weight excluding hydrogens is 372 g/mol. The Kier molecular flexibility index (Phi) is 5.79. The van der Waals surface area contributed by atoms with Gasteiger partial charge in [-0.15, -0.1) is 21.5 Å². The zero-order chi connectivity index (χ0) is 18.5. The number of hydrogen-bond acceptors (Lipinski definition) is 7. The number of nitrogens with zero attached hydrogens (tertiary/aromatic N) is 3. The first kappa shape index (κ1) is 18.3. The van der Waals surface area contributed by atoms with E-state index < -0.39 is 0 Å². The molecule has 0 radical (unpaired) electrons. The van der Waals surface area contributed by atoms with Crippen LogP contribution in [0.5, 0.6) is 11.5 Å². The zero-order valence-electron chi connectivity index (χ0n) is 14.6. The largest absolute Gasteiger partial charge is 0.497 e. The van der Waals surface area contributed by atoms with E-state index in [2.05, 4.69) is 15.5 Å². The number of nitrogens with one attached hydrogen (secondary N) is 1. The molecule has 0 saturated heterocycles. The SMILES string of the molecule is COc1cc(NC(=O)CSc2nnc(-c3cccs3)n2C)cc(OC)c1. The fourth-order valence-electron chi connectivity index (χ4n) is 2.27. The second-order valence-electron chi connectivity index (χ2n) is 5.28. The number of thioether (sulfide) groups is 1. The maximum Gasteiger partial charge on any atom is 0.234 e. The number of hydrogen-bond donors (Lipinski definition) is 1. The second-order valence-corrected chi connectivity index (χ2v) is 7.17. The van der Waals surface area contributed by atoms with Crippen LogP contribution in [0, 0.1) is 0 Å². The summed E-state index contributed by atoms with van der Waals surface area (Å²) in [5.41, 5.74) is 0.615. The first-order valence-corrected chi connectivity index (χ1v) is 9.56. The monoisotopic (exact) mass is 390 g/mol. The smallest absolute Gasteiger partial charge is 0.234 e. The number of ether oxygens (including phenoxy) is 2. The molecule has 0 saturated carbocycles. The van der Waals surface area contributed by atoms with Crippen LogP contribution in [-0.4, -0.2) is 40.6 Å². The predicted molar refractivity (Wildman–Crippen MR) is 103 cm³/mol.